The second kappa shape index (κ2) is 17.3. The van der Waals surface area contributed by atoms with Crippen molar-refractivity contribution in [3.63, 3.8) is 0 Å². The van der Waals surface area contributed by atoms with Crippen molar-refractivity contribution in [1.29, 1.82) is 0 Å². The number of aromatic nitrogens is 4. The van der Waals surface area contributed by atoms with Gasteiger partial charge in [-0.15, -0.1) is 5.11 Å². The molecule has 0 aromatic carbocycles. The Morgan fingerprint density at radius 1 is 1.02 bits per heavy atom. The van der Waals surface area contributed by atoms with Crippen LogP contribution < -0.4 is 16.0 Å². The number of nitrogens with one attached hydrogen (secondary N) is 3. The SMILES string of the molecule is [C-]#[N+]c1nc(N=Nc2c(NCCOC)nc(NCC(CC)CCCC)nc2NCCOC)n(CC(=O)O)c1[N+]#[C-]. The number of azo groups is 1. The highest BCUT2D eigenvalue weighted by molar-refractivity contribution is 5.76. The van der Waals surface area contributed by atoms with Gasteiger partial charge >= 0.3 is 11.9 Å². The molecule has 0 bridgehead atoms. The number of ether oxygens (including phenoxy) is 2. The van der Waals surface area contributed by atoms with Gasteiger partial charge < -0.3 is 40.2 Å². The molecule has 2 heterocycles. The van der Waals surface area contributed by atoms with Crippen molar-refractivity contribution in [2.45, 2.75) is 46.1 Å². The summed E-state index contributed by atoms with van der Waals surface area (Å²) < 4.78 is 11.4. The van der Waals surface area contributed by atoms with E-state index in [9.17, 15) is 9.90 Å². The van der Waals surface area contributed by atoms with E-state index in [1.54, 1.807) is 14.2 Å². The predicted octanol–water partition coefficient (Wildman–Crippen LogP) is 5.02. The molecule has 1 unspecified atom stereocenters. The van der Waals surface area contributed by atoms with Crippen LogP contribution in [0.3, 0.4) is 0 Å². The van der Waals surface area contributed by atoms with Crippen molar-refractivity contribution in [3.05, 3.63) is 22.8 Å². The molecule has 0 aliphatic heterocycles. The van der Waals surface area contributed by atoms with E-state index in [-0.39, 0.29) is 23.3 Å². The summed E-state index contributed by atoms with van der Waals surface area (Å²) in [7, 11) is 3.17. The van der Waals surface area contributed by atoms with E-state index in [1.807, 2.05) is 0 Å². The lowest BCUT2D eigenvalue weighted by Crippen LogP contribution is -2.18. The van der Waals surface area contributed by atoms with E-state index >= 15 is 0 Å². The number of anilines is 3. The Hall–Kier alpha value is -4.34. The van der Waals surface area contributed by atoms with Crippen molar-refractivity contribution in [2.24, 2.45) is 16.1 Å². The molecule has 2 rings (SSSR count). The molecular formula is C25H37N11O4. The topological polar surface area (TPSA) is 169 Å². The van der Waals surface area contributed by atoms with E-state index in [0.29, 0.717) is 56.4 Å². The molecule has 216 valence electrons. The van der Waals surface area contributed by atoms with E-state index in [2.05, 4.69) is 64.7 Å². The Labute approximate surface area is 234 Å². The Balaban J connectivity index is 2.55. The van der Waals surface area contributed by atoms with Crippen molar-refractivity contribution in [3.8, 4) is 0 Å². The van der Waals surface area contributed by atoms with Gasteiger partial charge in [-0.2, -0.15) is 9.97 Å². The number of unbranched alkanes of at least 4 members (excludes halogenated alkanes) is 1. The second-order valence-corrected chi connectivity index (χ2v) is 8.69. The zero-order valence-corrected chi connectivity index (χ0v) is 23.4. The van der Waals surface area contributed by atoms with Gasteiger partial charge in [-0.3, -0.25) is 0 Å². The number of carboxylic acids is 1. The Morgan fingerprint density at radius 3 is 2.17 bits per heavy atom. The van der Waals surface area contributed by atoms with Crippen LogP contribution in [-0.4, -0.2) is 77.7 Å². The summed E-state index contributed by atoms with van der Waals surface area (Å²) in [5, 5.41) is 27.4. The summed E-state index contributed by atoms with van der Waals surface area (Å²) >= 11 is 0. The highest BCUT2D eigenvalue weighted by Gasteiger charge is 2.25. The molecule has 40 heavy (non-hydrogen) atoms. The standard InChI is InChI=1S/C25H37N11O4/c1-7-9-10-17(8-2)15-30-24-31-20(28-11-13-39-5)19(21(32-24)29-12-14-40-6)34-35-25-33-22(26-3)23(27-4)36(25)16-18(37)38/h17H,7-16H2,1-2,5-6H3,(H,37,38)(H3,28,29,30,31,32). The van der Waals surface area contributed by atoms with Gasteiger partial charge in [0.2, 0.25) is 5.95 Å². The van der Waals surface area contributed by atoms with Gasteiger partial charge in [-0.25, -0.2) is 9.36 Å². The van der Waals surface area contributed by atoms with Crippen molar-refractivity contribution in [2.75, 3.05) is 63.0 Å². The number of hydrogen-bond donors (Lipinski definition) is 4. The second-order valence-electron chi connectivity index (χ2n) is 8.69. The van der Waals surface area contributed by atoms with Gasteiger partial charge in [0.15, 0.2) is 23.9 Å². The Kier molecular flexibility index (Phi) is 13.8. The molecule has 0 spiro atoms. The van der Waals surface area contributed by atoms with Gasteiger partial charge in [0.05, 0.1) is 13.2 Å². The Morgan fingerprint density at radius 2 is 1.68 bits per heavy atom. The van der Waals surface area contributed by atoms with Crippen LogP contribution in [0.1, 0.15) is 39.5 Å². The number of imidazole rings is 1. The molecular weight excluding hydrogens is 518 g/mol. The summed E-state index contributed by atoms with van der Waals surface area (Å²) in [5.41, 5.74) is 0.231. The van der Waals surface area contributed by atoms with Gasteiger partial charge in [-0.1, -0.05) is 56.4 Å². The first-order valence-electron chi connectivity index (χ1n) is 13.0. The molecule has 0 fully saturated rings. The van der Waals surface area contributed by atoms with Crippen LogP contribution in [0.4, 0.5) is 40.9 Å². The summed E-state index contributed by atoms with van der Waals surface area (Å²) in [5.74, 6) is -0.333. The zero-order chi connectivity index (χ0) is 29.3. The average Bonchev–Trinajstić information content (AvgIpc) is 3.28. The minimum absolute atomic E-state index is 0.200. The van der Waals surface area contributed by atoms with Crippen LogP contribution in [0.5, 0.6) is 0 Å². The molecule has 15 heteroatoms. The van der Waals surface area contributed by atoms with E-state index < -0.39 is 12.5 Å². The third kappa shape index (κ3) is 9.44. The first-order valence-corrected chi connectivity index (χ1v) is 13.0. The molecule has 0 amide bonds. The fourth-order valence-corrected chi connectivity index (χ4v) is 3.65. The molecule has 1 atom stereocenters. The van der Waals surface area contributed by atoms with Crippen LogP contribution in [0.25, 0.3) is 9.69 Å². The van der Waals surface area contributed by atoms with Crippen molar-refractivity contribution in [1.82, 2.24) is 19.5 Å². The van der Waals surface area contributed by atoms with Crippen LogP contribution >= 0.6 is 0 Å². The smallest absolute Gasteiger partial charge is 0.417 e. The van der Waals surface area contributed by atoms with Gasteiger partial charge in [0, 0.05) is 33.9 Å². The lowest BCUT2D eigenvalue weighted by Gasteiger charge is -2.18. The van der Waals surface area contributed by atoms with E-state index in [0.717, 1.165) is 30.3 Å². The van der Waals surface area contributed by atoms with Crippen LogP contribution in [0.2, 0.25) is 0 Å². The van der Waals surface area contributed by atoms with Gasteiger partial charge in [-0.05, 0) is 12.3 Å². The number of rotatable bonds is 19. The third-order valence-corrected chi connectivity index (χ3v) is 5.82. The fraction of sp³-hybridized carbons (Fsp3) is 0.600. The average molecular weight is 556 g/mol. The third-order valence-electron chi connectivity index (χ3n) is 5.82. The van der Waals surface area contributed by atoms with Gasteiger partial charge in [0.1, 0.15) is 0 Å². The molecule has 0 saturated heterocycles. The monoisotopic (exact) mass is 555 g/mol. The van der Waals surface area contributed by atoms with Crippen molar-refractivity contribution < 1.29 is 19.4 Å². The van der Waals surface area contributed by atoms with E-state index in [4.69, 9.17) is 22.6 Å². The van der Waals surface area contributed by atoms with E-state index in [1.165, 1.54) is 0 Å². The number of nitrogens with zero attached hydrogens (tertiary/aromatic N) is 8. The first-order chi connectivity index (χ1) is 19.4. The Bertz CT molecular complexity index is 1190. The molecule has 0 radical (unpaired) electrons. The zero-order valence-electron chi connectivity index (χ0n) is 23.4. The lowest BCUT2D eigenvalue weighted by molar-refractivity contribution is -0.137. The molecule has 2 aromatic heterocycles. The molecule has 0 aliphatic rings. The number of carboxylic acid groups (broad SMARTS) is 1. The highest BCUT2D eigenvalue weighted by atomic mass is 16.5. The maximum atomic E-state index is 11.4. The maximum absolute atomic E-state index is 11.4. The first kappa shape index (κ1) is 31.9. The molecule has 15 nitrogen and oxygen atoms in total. The summed E-state index contributed by atoms with van der Waals surface area (Å²) in [6.07, 6.45) is 4.41. The normalized spacial score (nSPS) is 11.7. The molecule has 0 aliphatic carbocycles. The number of carbonyl (C=O) groups is 1. The van der Waals surface area contributed by atoms with Crippen LogP contribution in [-0.2, 0) is 20.8 Å². The molecule has 2 aromatic rings. The van der Waals surface area contributed by atoms with Gasteiger partial charge in [0.25, 0.3) is 11.6 Å². The number of hydrogen-bond acceptors (Lipinski definition) is 11. The highest BCUT2D eigenvalue weighted by Crippen LogP contribution is 2.36. The lowest BCUT2D eigenvalue weighted by atomic mass is 9.99. The van der Waals surface area contributed by atoms with Crippen molar-refractivity contribution >= 4 is 46.8 Å². The summed E-state index contributed by atoms with van der Waals surface area (Å²) in [6.45, 7) is 20.7. The molecule has 0 saturated carbocycles. The van der Waals surface area contributed by atoms with Crippen LogP contribution in [0, 0.1) is 19.1 Å². The number of methoxy groups -OCH3 is 2. The quantitative estimate of drug-likeness (QED) is 0.105. The number of aliphatic carboxylic acids is 1. The summed E-state index contributed by atoms with van der Waals surface area (Å²) in [4.78, 5) is 31.2. The van der Waals surface area contributed by atoms with Crippen LogP contribution in [0.15, 0.2) is 10.2 Å². The molecule has 4 N–H and O–H groups in total. The largest absolute Gasteiger partial charge is 0.478 e. The maximum Gasteiger partial charge on any atom is 0.417 e. The fourth-order valence-electron chi connectivity index (χ4n) is 3.65. The summed E-state index contributed by atoms with van der Waals surface area (Å²) in [6, 6.07) is 0. The predicted molar refractivity (Wildman–Crippen MR) is 151 cm³/mol. The minimum Gasteiger partial charge on any atom is -0.478 e. The minimum atomic E-state index is -1.22.